The van der Waals surface area contributed by atoms with Crippen LogP contribution in [0.2, 0.25) is 5.02 Å². The van der Waals surface area contributed by atoms with Crippen LogP contribution in [0.15, 0.2) is 48.5 Å². The number of alkyl halides is 3. The molecule has 0 amide bonds. The Morgan fingerprint density at radius 3 is 2.04 bits per heavy atom. The standard InChI is InChI=1S/C18H19ClF3NO/c1-2-16(12-5-9-15(19)10-6-12)23-11-17(24)13-3-7-14(8-4-13)18(20,21)22/h3-10,16-17,23-24H,2,11H2,1H3/t16?,17-/m1/s1. The zero-order valence-corrected chi connectivity index (χ0v) is 13.9. The summed E-state index contributed by atoms with van der Waals surface area (Å²) >= 11 is 5.87. The normalized spacial score (nSPS) is 14.4. The lowest BCUT2D eigenvalue weighted by atomic mass is 10.0. The summed E-state index contributed by atoms with van der Waals surface area (Å²) in [5, 5.41) is 14.1. The molecule has 2 nitrogen and oxygen atoms in total. The third kappa shape index (κ3) is 4.97. The minimum Gasteiger partial charge on any atom is -0.387 e. The highest BCUT2D eigenvalue weighted by atomic mass is 35.5. The molecule has 2 aromatic carbocycles. The summed E-state index contributed by atoms with van der Waals surface area (Å²) in [7, 11) is 0. The van der Waals surface area contributed by atoms with Gasteiger partial charge in [0, 0.05) is 17.6 Å². The van der Waals surface area contributed by atoms with Crippen LogP contribution in [0.1, 0.15) is 42.2 Å². The molecule has 0 spiro atoms. The number of aliphatic hydroxyl groups excluding tert-OH is 1. The smallest absolute Gasteiger partial charge is 0.387 e. The molecule has 0 fully saturated rings. The van der Waals surface area contributed by atoms with E-state index in [9.17, 15) is 18.3 Å². The monoisotopic (exact) mass is 357 g/mol. The van der Waals surface area contributed by atoms with Gasteiger partial charge in [0.15, 0.2) is 0 Å². The Bertz CT molecular complexity index is 641. The molecular weight excluding hydrogens is 339 g/mol. The first-order chi connectivity index (χ1) is 11.3. The molecule has 0 bridgehead atoms. The first kappa shape index (κ1) is 18.8. The van der Waals surface area contributed by atoms with Crippen molar-refractivity contribution in [1.29, 1.82) is 0 Å². The zero-order chi connectivity index (χ0) is 17.7. The van der Waals surface area contributed by atoms with E-state index in [2.05, 4.69) is 5.32 Å². The van der Waals surface area contributed by atoms with Gasteiger partial charge in [-0.3, -0.25) is 0 Å². The van der Waals surface area contributed by atoms with E-state index in [1.54, 1.807) is 12.1 Å². The van der Waals surface area contributed by atoms with Gasteiger partial charge >= 0.3 is 6.18 Å². The fourth-order valence-electron chi connectivity index (χ4n) is 2.46. The van der Waals surface area contributed by atoms with Crippen molar-refractivity contribution in [2.75, 3.05) is 6.54 Å². The highest BCUT2D eigenvalue weighted by Gasteiger charge is 2.30. The van der Waals surface area contributed by atoms with E-state index in [0.717, 1.165) is 24.1 Å². The second kappa shape index (κ2) is 8.01. The highest BCUT2D eigenvalue weighted by molar-refractivity contribution is 6.30. The van der Waals surface area contributed by atoms with Crippen LogP contribution >= 0.6 is 11.6 Å². The molecule has 2 rings (SSSR count). The van der Waals surface area contributed by atoms with Crippen LogP contribution in [-0.4, -0.2) is 11.7 Å². The van der Waals surface area contributed by atoms with Crippen LogP contribution in [0.3, 0.4) is 0 Å². The van der Waals surface area contributed by atoms with Crippen molar-refractivity contribution >= 4 is 11.6 Å². The van der Waals surface area contributed by atoms with Crippen molar-refractivity contribution in [3.05, 3.63) is 70.2 Å². The van der Waals surface area contributed by atoms with E-state index >= 15 is 0 Å². The van der Waals surface area contributed by atoms with Crippen molar-refractivity contribution in [2.24, 2.45) is 0 Å². The fourth-order valence-corrected chi connectivity index (χ4v) is 2.58. The maximum absolute atomic E-state index is 12.6. The van der Waals surface area contributed by atoms with Crippen LogP contribution in [-0.2, 0) is 6.18 Å². The molecule has 2 atom stereocenters. The van der Waals surface area contributed by atoms with Gasteiger partial charge in [-0.2, -0.15) is 13.2 Å². The molecule has 2 N–H and O–H groups in total. The van der Waals surface area contributed by atoms with Crippen LogP contribution in [0.4, 0.5) is 13.2 Å². The molecule has 0 radical (unpaired) electrons. The van der Waals surface area contributed by atoms with Crippen LogP contribution < -0.4 is 5.32 Å². The summed E-state index contributed by atoms with van der Waals surface area (Å²) in [6, 6.07) is 12.0. The largest absolute Gasteiger partial charge is 0.416 e. The van der Waals surface area contributed by atoms with E-state index in [1.165, 1.54) is 12.1 Å². The fraction of sp³-hybridized carbons (Fsp3) is 0.333. The van der Waals surface area contributed by atoms with Crippen LogP contribution in [0, 0.1) is 0 Å². The highest BCUT2D eigenvalue weighted by Crippen LogP contribution is 2.30. The van der Waals surface area contributed by atoms with Crippen molar-refractivity contribution in [3.63, 3.8) is 0 Å². The second-order valence-corrected chi connectivity index (χ2v) is 5.99. The molecule has 24 heavy (non-hydrogen) atoms. The van der Waals surface area contributed by atoms with Gasteiger partial charge in [-0.25, -0.2) is 0 Å². The average Bonchev–Trinajstić information content (AvgIpc) is 2.56. The first-order valence-corrected chi connectivity index (χ1v) is 8.03. The Labute approximate surface area is 144 Å². The molecular formula is C18H19ClF3NO. The Hall–Kier alpha value is -1.56. The number of aliphatic hydroxyl groups is 1. The molecule has 130 valence electrons. The maximum atomic E-state index is 12.6. The first-order valence-electron chi connectivity index (χ1n) is 7.65. The molecule has 0 aliphatic heterocycles. The van der Waals surface area contributed by atoms with Gasteiger partial charge in [-0.05, 0) is 41.8 Å². The minimum absolute atomic E-state index is 0.0337. The number of hydrogen-bond acceptors (Lipinski definition) is 2. The van der Waals surface area contributed by atoms with Gasteiger partial charge in [0.25, 0.3) is 0 Å². The number of benzene rings is 2. The van der Waals surface area contributed by atoms with Crippen molar-refractivity contribution in [2.45, 2.75) is 31.7 Å². The van der Waals surface area contributed by atoms with Crippen LogP contribution in [0.5, 0.6) is 0 Å². The van der Waals surface area contributed by atoms with E-state index in [4.69, 9.17) is 11.6 Å². The number of rotatable bonds is 6. The van der Waals surface area contributed by atoms with Gasteiger partial charge in [0.05, 0.1) is 11.7 Å². The second-order valence-electron chi connectivity index (χ2n) is 5.56. The number of hydrogen-bond donors (Lipinski definition) is 2. The van der Waals surface area contributed by atoms with Gasteiger partial charge < -0.3 is 10.4 Å². The summed E-state index contributed by atoms with van der Waals surface area (Å²) in [4.78, 5) is 0. The number of halogens is 4. The van der Waals surface area contributed by atoms with Gasteiger partial charge in [0.1, 0.15) is 0 Å². The van der Waals surface area contributed by atoms with E-state index in [0.29, 0.717) is 10.6 Å². The third-order valence-corrected chi connectivity index (χ3v) is 4.11. The average molecular weight is 358 g/mol. The Morgan fingerprint density at radius 1 is 1.00 bits per heavy atom. The molecule has 0 aliphatic rings. The maximum Gasteiger partial charge on any atom is 0.416 e. The summed E-state index contributed by atoms with van der Waals surface area (Å²) < 4.78 is 37.7. The van der Waals surface area contributed by atoms with E-state index in [-0.39, 0.29) is 12.6 Å². The topological polar surface area (TPSA) is 32.3 Å². The van der Waals surface area contributed by atoms with Crippen LogP contribution in [0.25, 0.3) is 0 Å². The molecule has 6 heteroatoms. The SMILES string of the molecule is CCC(NC[C@@H](O)c1ccc(C(F)(F)F)cc1)c1ccc(Cl)cc1. The molecule has 0 heterocycles. The number of nitrogens with one attached hydrogen (secondary N) is 1. The lowest BCUT2D eigenvalue weighted by Crippen LogP contribution is -2.26. The molecule has 0 saturated carbocycles. The Balaban J connectivity index is 1.98. The van der Waals surface area contributed by atoms with Gasteiger partial charge in [0.2, 0.25) is 0 Å². The van der Waals surface area contributed by atoms with Crippen molar-refractivity contribution in [3.8, 4) is 0 Å². The van der Waals surface area contributed by atoms with E-state index < -0.39 is 17.8 Å². The molecule has 0 aliphatic carbocycles. The van der Waals surface area contributed by atoms with Crippen molar-refractivity contribution in [1.82, 2.24) is 5.32 Å². The summed E-state index contributed by atoms with van der Waals surface area (Å²) in [6.07, 6.45) is -4.45. The summed E-state index contributed by atoms with van der Waals surface area (Å²) in [5.41, 5.74) is 0.766. The molecule has 0 aromatic heterocycles. The lowest BCUT2D eigenvalue weighted by Gasteiger charge is -2.20. The van der Waals surface area contributed by atoms with Gasteiger partial charge in [-0.1, -0.05) is 42.8 Å². The summed E-state index contributed by atoms with van der Waals surface area (Å²) in [5.74, 6) is 0. The van der Waals surface area contributed by atoms with Gasteiger partial charge in [-0.15, -0.1) is 0 Å². The zero-order valence-electron chi connectivity index (χ0n) is 13.1. The molecule has 1 unspecified atom stereocenters. The van der Waals surface area contributed by atoms with Crippen molar-refractivity contribution < 1.29 is 18.3 Å². The predicted molar refractivity (Wildman–Crippen MR) is 88.9 cm³/mol. The van der Waals surface area contributed by atoms with E-state index in [1.807, 2.05) is 19.1 Å². The molecule has 0 saturated heterocycles. The molecule has 2 aromatic rings. The Morgan fingerprint density at radius 2 is 1.54 bits per heavy atom. The minimum atomic E-state index is -4.37. The quantitative estimate of drug-likeness (QED) is 0.750. The predicted octanol–water partition coefficient (Wildman–Crippen LogP) is 5.13. The lowest BCUT2D eigenvalue weighted by molar-refractivity contribution is -0.137. The third-order valence-electron chi connectivity index (χ3n) is 3.86. The Kier molecular flexibility index (Phi) is 6.27. The summed E-state index contributed by atoms with van der Waals surface area (Å²) in [6.45, 7) is 2.25.